The van der Waals surface area contributed by atoms with E-state index >= 15 is 0 Å². The van der Waals surface area contributed by atoms with Gasteiger partial charge in [-0.25, -0.2) is 0 Å². The largest absolute Gasteiger partial charge is 0.494 e. The molecule has 2 aromatic rings. The van der Waals surface area contributed by atoms with Crippen LogP contribution in [0.15, 0.2) is 48.5 Å². The molecule has 0 radical (unpaired) electrons. The van der Waals surface area contributed by atoms with Crippen molar-refractivity contribution < 1.29 is 14.5 Å². The molecular weight excluding hydrogens is 332 g/mol. The van der Waals surface area contributed by atoms with E-state index in [9.17, 15) is 14.9 Å². The van der Waals surface area contributed by atoms with Gasteiger partial charge >= 0.3 is 0 Å². The summed E-state index contributed by atoms with van der Waals surface area (Å²) in [5.41, 5.74) is 0.666. The Hall–Kier alpha value is -2.86. The minimum atomic E-state index is -0.568. The van der Waals surface area contributed by atoms with E-state index in [1.54, 1.807) is 43.3 Å². The summed E-state index contributed by atoms with van der Waals surface area (Å²) in [5.74, 6) is -0.101. The highest BCUT2D eigenvalue weighted by atomic mass is 35.5. The first-order valence-electron chi connectivity index (χ1n) is 7.15. The molecule has 0 fully saturated rings. The number of hydrogen-bond acceptors (Lipinski definition) is 4. The number of nitrogens with one attached hydrogen (secondary N) is 1. The SMILES string of the molecule is CCOc1ccc(NC(=O)C=Cc2ccc(Cl)cc2)c([N+](=O)[O-])c1. The zero-order valence-electron chi connectivity index (χ0n) is 12.9. The molecule has 1 amide bonds. The molecule has 0 atom stereocenters. The van der Waals surface area contributed by atoms with E-state index in [1.807, 2.05) is 0 Å². The van der Waals surface area contributed by atoms with E-state index in [-0.39, 0.29) is 11.4 Å². The molecule has 2 aromatic carbocycles. The monoisotopic (exact) mass is 346 g/mol. The summed E-state index contributed by atoms with van der Waals surface area (Å²) in [7, 11) is 0. The highest BCUT2D eigenvalue weighted by Gasteiger charge is 2.16. The van der Waals surface area contributed by atoms with Crippen molar-refractivity contribution in [1.29, 1.82) is 0 Å². The molecule has 0 aromatic heterocycles. The number of halogens is 1. The van der Waals surface area contributed by atoms with Crippen molar-refractivity contribution in [3.05, 3.63) is 69.2 Å². The van der Waals surface area contributed by atoms with Crippen molar-refractivity contribution >= 4 is 35.0 Å². The second-order valence-corrected chi connectivity index (χ2v) is 5.18. The average molecular weight is 347 g/mol. The molecule has 0 unspecified atom stereocenters. The molecule has 0 aliphatic carbocycles. The molecule has 6 nitrogen and oxygen atoms in total. The minimum absolute atomic E-state index is 0.106. The van der Waals surface area contributed by atoms with Crippen LogP contribution in [-0.4, -0.2) is 17.4 Å². The quantitative estimate of drug-likeness (QED) is 0.480. The van der Waals surface area contributed by atoms with Crippen LogP contribution >= 0.6 is 11.6 Å². The lowest BCUT2D eigenvalue weighted by Crippen LogP contribution is -2.09. The van der Waals surface area contributed by atoms with Gasteiger partial charge in [0.15, 0.2) is 0 Å². The average Bonchev–Trinajstić information content (AvgIpc) is 2.56. The molecule has 0 spiro atoms. The Morgan fingerprint density at radius 1 is 1.29 bits per heavy atom. The zero-order chi connectivity index (χ0) is 17.5. The Morgan fingerprint density at radius 3 is 2.62 bits per heavy atom. The van der Waals surface area contributed by atoms with Gasteiger partial charge in [0, 0.05) is 11.1 Å². The number of carbonyl (C=O) groups is 1. The van der Waals surface area contributed by atoms with Gasteiger partial charge in [-0.05, 0) is 42.8 Å². The zero-order valence-corrected chi connectivity index (χ0v) is 13.6. The molecule has 0 saturated carbocycles. The Bertz CT molecular complexity index is 773. The third kappa shape index (κ3) is 4.82. The van der Waals surface area contributed by atoms with Gasteiger partial charge in [0.25, 0.3) is 5.69 Å². The molecule has 2 rings (SSSR count). The number of hydrogen-bond donors (Lipinski definition) is 1. The topological polar surface area (TPSA) is 81.5 Å². The number of carbonyl (C=O) groups excluding carboxylic acids is 1. The van der Waals surface area contributed by atoms with Gasteiger partial charge < -0.3 is 10.1 Å². The second kappa shape index (κ2) is 8.12. The number of anilines is 1. The normalized spacial score (nSPS) is 10.6. The first-order valence-corrected chi connectivity index (χ1v) is 7.53. The van der Waals surface area contributed by atoms with Crippen LogP contribution in [0.2, 0.25) is 5.02 Å². The molecule has 7 heteroatoms. The number of ether oxygens (including phenoxy) is 1. The smallest absolute Gasteiger partial charge is 0.296 e. The van der Waals surface area contributed by atoms with Crippen LogP contribution in [0.3, 0.4) is 0 Å². The molecule has 1 N–H and O–H groups in total. The van der Waals surface area contributed by atoms with E-state index in [0.717, 1.165) is 5.56 Å². The molecular formula is C17H15ClN2O4. The first kappa shape index (κ1) is 17.5. The Morgan fingerprint density at radius 2 is 2.00 bits per heavy atom. The van der Waals surface area contributed by atoms with Gasteiger partial charge in [0.05, 0.1) is 17.6 Å². The van der Waals surface area contributed by atoms with Gasteiger partial charge in [-0.15, -0.1) is 0 Å². The summed E-state index contributed by atoms with van der Waals surface area (Å²) >= 11 is 5.79. The summed E-state index contributed by atoms with van der Waals surface area (Å²) in [6.45, 7) is 2.18. The molecule has 0 bridgehead atoms. The maximum absolute atomic E-state index is 12.0. The van der Waals surface area contributed by atoms with E-state index in [0.29, 0.717) is 17.4 Å². The Kier molecular flexibility index (Phi) is 5.92. The number of nitrogens with zero attached hydrogens (tertiary/aromatic N) is 1. The van der Waals surface area contributed by atoms with Crippen LogP contribution in [0.1, 0.15) is 12.5 Å². The maximum Gasteiger partial charge on any atom is 0.296 e. The molecule has 0 saturated heterocycles. The van der Waals surface area contributed by atoms with Crippen LogP contribution in [-0.2, 0) is 4.79 Å². The fourth-order valence-electron chi connectivity index (χ4n) is 1.94. The molecule has 124 valence electrons. The number of nitro benzene ring substituents is 1. The van der Waals surface area contributed by atoms with Crippen molar-refractivity contribution in [1.82, 2.24) is 0 Å². The molecule has 24 heavy (non-hydrogen) atoms. The summed E-state index contributed by atoms with van der Waals surface area (Å²) in [4.78, 5) is 22.5. The van der Waals surface area contributed by atoms with Gasteiger partial charge in [-0.2, -0.15) is 0 Å². The Labute approximate surface area is 143 Å². The first-order chi connectivity index (χ1) is 11.5. The third-order valence-corrected chi connectivity index (χ3v) is 3.28. The second-order valence-electron chi connectivity index (χ2n) is 4.74. The predicted octanol–water partition coefficient (Wildman–Crippen LogP) is 4.30. The fourth-order valence-corrected chi connectivity index (χ4v) is 2.07. The van der Waals surface area contributed by atoms with Crippen molar-refractivity contribution in [2.24, 2.45) is 0 Å². The number of benzene rings is 2. The highest BCUT2D eigenvalue weighted by Crippen LogP contribution is 2.29. The predicted molar refractivity (Wildman–Crippen MR) is 93.4 cm³/mol. The molecule has 0 aliphatic rings. The van der Waals surface area contributed by atoms with Crippen LogP contribution in [0.5, 0.6) is 5.75 Å². The van der Waals surface area contributed by atoms with Crippen LogP contribution < -0.4 is 10.1 Å². The van der Waals surface area contributed by atoms with E-state index in [1.165, 1.54) is 18.2 Å². The summed E-state index contributed by atoms with van der Waals surface area (Å²) in [6, 6.07) is 11.2. The highest BCUT2D eigenvalue weighted by molar-refractivity contribution is 6.30. The lowest BCUT2D eigenvalue weighted by Gasteiger charge is -2.07. The van der Waals surface area contributed by atoms with E-state index in [4.69, 9.17) is 16.3 Å². The summed E-state index contributed by atoms with van der Waals surface area (Å²) < 4.78 is 5.23. The van der Waals surface area contributed by atoms with Crippen molar-refractivity contribution in [3.8, 4) is 5.75 Å². The van der Waals surface area contributed by atoms with E-state index in [2.05, 4.69) is 5.32 Å². The third-order valence-electron chi connectivity index (χ3n) is 3.03. The molecule has 0 heterocycles. The van der Waals surface area contributed by atoms with E-state index < -0.39 is 10.8 Å². The van der Waals surface area contributed by atoms with Crippen LogP contribution in [0.25, 0.3) is 6.08 Å². The molecule has 0 aliphatic heterocycles. The number of nitro groups is 1. The van der Waals surface area contributed by atoms with Gasteiger partial charge in [-0.3, -0.25) is 14.9 Å². The number of amides is 1. The standard InChI is InChI=1S/C17H15ClN2O4/c1-2-24-14-8-9-15(16(11-14)20(22)23)19-17(21)10-5-12-3-6-13(18)7-4-12/h3-11H,2H2,1H3,(H,19,21). The Balaban J connectivity index is 2.13. The summed E-state index contributed by atoms with van der Waals surface area (Å²) in [5, 5.41) is 14.2. The van der Waals surface area contributed by atoms with Crippen LogP contribution in [0, 0.1) is 10.1 Å². The number of rotatable bonds is 6. The van der Waals surface area contributed by atoms with Crippen molar-refractivity contribution in [3.63, 3.8) is 0 Å². The van der Waals surface area contributed by atoms with Gasteiger partial charge in [0.1, 0.15) is 11.4 Å². The summed E-state index contributed by atoms with van der Waals surface area (Å²) in [6.07, 6.45) is 2.88. The van der Waals surface area contributed by atoms with Gasteiger partial charge in [0.2, 0.25) is 5.91 Å². The fraction of sp³-hybridized carbons (Fsp3) is 0.118. The van der Waals surface area contributed by atoms with Gasteiger partial charge in [-0.1, -0.05) is 23.7 Å². The van der Waals surface area contributed by atoms with Crippen molar-refractivity contribution in [2.45, 2.75) is 6.92 Å². The van der Waals surface area contributed by atoms with Crippen molar-refractivity contribution in [2.75, 3.05) is 11.9 Å². The van der Waals surface area contributed by atoms with Crippen LogP contribution in [0.4, 0.5) is 11.4 Å². The lowest BCUT2D eigenvalue weighted by molar-refractivity contribution is -0.384. The maximum atomic E-state index is 12.0. The minimum Gasteiger partial charge on any atom is -0.494 e. The lowest BCUT2D eigenvalue weighted by atomic mass is 10.2.